The van der Waals surface area contributed by atoms with Gasteiger partial charge in [0.15, 0.2) is 0 Å². The fourth-order valence-electron chi connectivity index (χ4n) is 3.61. The van der Waals surface area contributed by atoms with Crippen LogP contribution in [0.1, 0.15) is 37.8 Å². The Balaban J connectivity index is 1.74. The molecule has 28 heavy (non-hydrogen) atoms. The van der Waals surface area contributed by atoms with Crippen LogP contribution in [-0.2, 0) is 17.9 Å². The highest BCUT2D eigenvalue weighted by Gasteiger charge is 2.19. The van der Waals surface area contributed by atoms with E-state index >= 15 is 0 Å². The first-order chi connectivity index (χ1) is 13.4. The van der Waals surface area contributed by atoms with Crippen LogP contribution in [0.3, 0.4) is 0 Å². The molecule has 0 aliphatic carbocycles. The Labute approximate surface area is 166 Å². The van der Waals surface area contributed by atoms with Gasteiger partial charge in [0.25, 0.3) is 5.56 Å². The number of amides is 1. The highest BCUT2D eigenvalue weighted by atomic mass is 16.2. The summed E-state index contributed by atoms with van der Waals surface area (Å²) in [5, 5.41) is 4.26. The molecule has 6 nitrogen and oxygen atoms in total. The van der Waals surface area contributed by atoms with Crippen molar-refractivity contribution in [2.24, 2.45) is 5.92 Å². The normalized spacial score (nSPS) is 13.9. The van der Waals surface area contributed by atoms with E-state index in [4.69, 9.17) is 0 Å². The van der Waals surface area contributed by atoms with Crippen molar-refractivity contribution in [3.05, 3.63) is 58.0 Å². The molecule has 0 radical (unpaired) electrons. The molecule has 1 aliphatic heterocycles. The minimum atomic E-state index is -0.224. The summed E-state index contributed by atoms with van der Waals surface area (Å²) in [6.07, 6.45) is 3.99. The van der Waals surface area contributed by atoms with Crippen LogP contribution < -0.4 is 10.5 Å². The van der Waals surface area contributed by atoms with E-state index in [0.29, 0.717) is 19.0 Å². The number of anilines is 1. The summed E-state index contributed by atoms with van der Waals surface area (Å²) in [7, 11) is 0. The first-order valence-corrected chi connectivity index (χ1v) is 10.1. The molecule has 1 aromatic carbocycles. The fourth-order valence-corrected chi connectivity index (χ4v) is 3.61. The van der Waals surface area contributed by atoms with Crippen molar-refractivity contribution >= 4 is 11.6 Å². The predicted molar refractivity (Wildman–Crippen MR) is 111 cm³/mol. The molecule has 0 atom stereocenters. The molecular formula is C22H30N4O2. The van der Waals surface area contributed by atoms with Crippen molar-refractivity contribution in [2.75, 3.05) is 24.5 Å². The molecule has 2 heterocycles. The molecule has 2 aromatic rings. The zero-order valence-corrected chi connectivity index (χ0v) is 17.1. The van der Waals surface area contributed by atoms with Crippen LogP contribution in [0.5, 0.6) is 0 Å². The van der Waals surface area contributed by atoms with Gasteiger partial charge in [-0.15, -0.1) is 0 Å². The Hall–Kier alpha value is -2.63. The lowest BCUT2D eigenvalue weighted by atomic mass is 10.1. The lowest BCUT2D eigenvalue weighted by Gasteiger charge is -2.26. The molecule has 150 valence electrons. The van der Waals surface area contributed by atoms with Gasteiger partial charge in [0, 0.05) is 32.2 Å². The zero-order chi connectivity index (χ0) is 20.1. The maximum Gasteiger partial charge on any atom is 0.269 e. The lowest BCUT2D eigenvalue weighted by molar-refractivity contribution is -0.133. The van der Waals surface area contributed by atoms with E-state index in [1.165, 1.54) is 4.68 Å². The van der Waals surface area contributed by atoms with Gasteiger partial charge in [-0.25, -0.2) is 4.68 Å². The third-order valence-corrected chi connectivity index (χ3v) is 5.17. The standard InChI is InChI=1S/C22H30N4O2/c1-17(2)14-25(15-19-9-5-4-8-18(19)3)22(28)16-26-21(27)12-20(13-23-26)24-10-6-7-11-24/h4-5,8-9,12-13,17H,6-7,10-11,14-16H2,1-3H3. The summed E-state index contributed by atoms with van der Waals surface area (Å²) in [6, 6.07) is 9.68. The summed E-state index contributed by atoms with van der Waals surface area (Å²) in [5.41, 5.74) is 2.92. The van der Waals surface area contributed by atoms with Gasteiger partial charge in [-0.05, 0) is 36.8 Å². The highest BCUT2D eigenvalue weighted by Crippen LogP contribution is 2.17. The van der Waals surface area contributed by atoms with Crippen LogP contribution in [0.4, 0.5) is 5.69 Å². The van der Waals surface area contributed by atoms with Crippen molar-refractivity contribution < 1.29 is 4.79 Å². The molecule has 0 saturated carbocycles. The number of rotatable bonds is 7. The Kier molecular flexibility index (Phi) is 6.49. The number of carbonyl (C=O) groups excluding carboxylic acids is 1. The van der Waals surface area contributed by atoms with E-state index in [-0.39, 0.29) is 18.0 Å². The van der Waals surface area contributed by atoms with Crippen molar-refractivity contribution in [3.8, 4) is 0 Å². The predicted octanol–water partition coefficient (Wildman–Crippen LogP) is 2.84. The smallest absolute Gasteiger partial charge is 0.269 e. The van der Waals surface area contributed by atoms with Gasteiger partial charge in [0.05, 0.1) is 11.9 Å². The molecule has 3 rings (SSSR count). The van der Waals surface area contributed by atoms with E-state index in [2.05, 4.69) is 36.8 Å². The molecule has 1 aliphatic rings. The maximum absolute atomic E-state index is 13.0. The van der Waals surface area contributed by atoms with Crippen LogP contribution in [0, 0.1) is 12.8 Å². The molecule has 1 amide bonds. The van der Waals surface area contributed by atoms with E-state index < -0.39 is 0 Å². The van der Waals surface area contributed by atoms with Gasteiger partial charge in [-0.1, -0.05) is 38.1 Å². The lowest BCUT2D eigenvalue weighted by Crippen LogP contribution is -2.39. The number of nitrogens with zero attached hydrogens (tertiary/aromatic N) is 4. The second-order valence-corrected chi connectivity index (χ2v) is 8.00. The topological polar surface area (TPSA) is 58.4 Å². The molecule has 6 heteroatoms. The van der Waals surface area contributed by atoms with Crippen LogP contribution in [0.2, 0.25) is 0 Å². The summed E-state index contributed by atoms with van der Waals surface area (Å²) in [6.45, 7) is 9.32. The van der Waals surface area contributed by atoms with E-state index in [1.807, 2.05) is 23.1 Å². The first-order valence-electron chi connectivity index (χ1n) is 10.1. The second kappa shape index (κ2) is 9.04. The van der Waals surface area contributed by atoms with Crippen LogP contribution >= 0.6 is 0 Å². The van der Waals surface area contributed by atoms with Gasteiger partial charge in [0.1, 0.15) is 6.54 Å². The Morgan fingerprint density at radius 3 is 2.57 bits per heavy atom. The summed E-state index contributed by atoms with van der Waals surface area (Å²) >= 11 is 0. The van der Waals surface area contributed by atoms with Crippen LogP contribution in [-0.4, -0.2) is 40.2 Å². The molecule has 0 spiro atoms. The minimum Gasteiger partial charge on any atom is -0.370 e. The SMILES string of the molecule is Cc1ccccc1CN(CC(C)C)C(=O)Cn1ncc(N2CCCC2)cc1=O. The molecule has 1 aromatic heterocycles. The molecule has 1 fully saturated rings. The van der Waals surface area contributed by atoms with Crippen LogP contribution in [0.15, 0.2) is 41.3 Å². The quantitative estimate of drug-likeness (QED) is 0.739. The molecular weight excluding hydrogens is 352 g/mol. The number of aryl methyl sites for hydroxylation is 1. The van der Waals surface area contributed by atoms with Gasteiger partial charge in [-0.2, -0.15) is 5.10 Å². The molecule has 1 saturated heterocycles. The average Bonchev–Trinajstić information content (AvgIpc) is 3.19. The van der Waals surface area contributed by atoms with Gasteiger partial charge in [0.2, 0.25) is 5.91 Å². The molecule has 0 bridgehead atoms. The number of hydrogen-bond acceptors (Lipinski definition) is 4. The number of benzene rings is 1. The van der Waals surface area contributed by atoms with E-state index in [0.717, 1.165) is 42.7 Å². The number of aromatic nitrogens is 2. The third-order valence-electron chi connectivity index (χ3n) is 5.17. The Bertz CT molecular complexity index is 869. The van der Waals surface area contributed by atoms with Crippen molar-refractivity contribution in [1.82, 2.24) is 14.7 Å². The van der Waals surface area contributed by atoms with Gasteiger partial charge >= 0.3 is 0 Å². The molecule has 0 unspecified atom stereocenters. The zero-order valence-electron chi connectivity index (χ0n) is 17.1. The average molecular weight is 383 g/mol. The van der Waals surface area contributed by atoms with Crippen molar-refractivity contribution in [1.29, 1.82) is 0 Å². The Morgan fingerprint density at radius 2 is 1.93 bits per heavy atom. The fraction of sp³-hybridized carbons (Fsp3) is 0.500. The third kappa shape index (κ3) is 5.00. The van der Waals surface area contributed by atoms with E-state index in [9.17, 15) is 9.59 Å². The summed E-state index contributed by atoms with van der Waals surface area (Å²) in [4.78, 5) is 29.5. The van der Waals surface area contributed by atoms with E-state index in [1.54, 1.807) is 12.3 Å². The Morgan fingerprint density at radius 1 is 1.21 bits per heavy atom. The highest BCUT2D eigenvalue weighted by molar-refractivity contribution is 5.76. The summed E-state index contributed by atoms with van der Waals surface area (Å²) in [5.74, 6) is 0.260. The minimum absolute atomic E-state index is 0.0300. The number of hydrogen-bond donors (Lipinski definition) is 0. The number of carbonyl (C=O) groups is 1. The van der Waals surface area contributed by atoms with Crippen molar-refractivity contribution in [2.45, 2.75) is 46.7 Å². The first kappa shape index (κ1) is 20.1. The van der Waals surface area contributed by atoms with Gasteiger partial charge < -0.3 is 9.80 Å². The van der Waals surface area contributed by atoms with Crippen LogP contribution in [0.25, 0.3) is 0 Å². The second-order valence-electron chi connectivity index (χ2n) is 8.00. The monoisotopic (exact) mass is 382 g/mol. The molecule has 0 N–H and O–H groups in total. The maximum atomic E-state index is 13.0. The summed E-state index contributed by atoms with van der Waals surface area (Å²) < 4.78 is 1.27. The van der Waals surface area contributed by atoms with Gasteiger partial charge in [-0.3, -0.25) is 9.59 Å². The van der Waals surface area contributed by atoms with Crippen molar-refractivity contribution in [3.63, 3.8) is 0 Å². The largest absolute Gasteiger partial charge is 0.370 e.